The minimum absolute atomic E-state index is 0.482. The molecule has 0 aliphatic carbocycles. The molecule has 1 aromatic rings. The third-order valence-electron chi connectivity index (χ3n) is 2.63. The van der Waals surface area contributed by atoms with Gasteiger partial charge in [-0.15, -0.1) is 0 Å². The second-order valence-corrected chi connectivity index (χ2v) is 5.14. The highest BCUT2D eigenvalue weighted by Gasteiger charge is 2.02. The van der Waals surface area contributed by atoms with Gasteiger partial charge in [-0.05, 0) is 37.9 Å². The fourth-order valence-corrected chi connectivity index (χ4v) is 1.56. The van der Waals surface area contributed by atoms with Crippen molar-refractivity contribution in [2.24, 2.45) is 5.92 Å². The van der Waals surface area contributed by atoms with Crippen LogP contribution >= 0.6 is 0 Å². The van der Waals surface area contributed by atoms with Crippen molar-refractivity contribution in [2.75, 3.05) is 13.1 Å². The molecule has 0 spiro atoms. The van der Waals surface area contributed by atoms with Crippen LogP contribution in [0.4, 0.5) is 0 Å². The Balaban J connectivity index is 2.19. The van der Waals surface area contributed by atoms with Gasteiger partial charge in [-0.2, -0.15) is 0 Å². The molecule has 2 N–H and O–H groups in total. The highest BCUT2D eigenvalue weighted by Crippen LogP contribution is 1.99. The van der Waals surface area contributed by atoms with Crippen LogP contribution in [0.25, 0.3) is 0 Å². The van der Waals surface area contributed by atoms with Crippen molar-refractivity contribution in [1.29, 1.82) is 0 Å². The molecule has 0 radical (unpaired) electrons. The summed E-state index contributed by atoms with van der Waals surface area (Å²) in [5.74, 6) is 0.712. The van der Waals surface area contributed by atoms with Gasteiger partial charge in [0.2, 0.25) is 0 Å². The first-order valence-electron chi connectivity index (χ1n) is 6.43. The molecule has 1 heterocycles. The van der Waals surface area contributed by atoms with E-state index in [1.807, 2.05) is 13.1 Å². The smallest absolute Gasteiger partial charge is 0.0372 e. The molecule has 0 amide bonds. The van der Waals surface area contributed by atoms with Crippen molar-refractivity contribution < 1.29 is 0 Å². The predicted molar refractivity (Wildman–Crippen MR) is 73.0 cm³/mol. The molecule has 0 aliphatic heterocycles. The summed E-state index contributed by atoms with van der Waals surface area (Å²) >= 11 is 0. The molecule has 0 aromatic carbocycles. The third-order valence-corrected chi connectivity index (χ3v) is 2.63. The van der Waals surface area contributed by atoms with Crippen molar-refractivity contribution in [3.63, 3.8) is 0 Å². The summed E-state index contributed by atoms with van der Waals surface area (Å²) in [4.78, 5) is 4.29. The van der Waals surface area contributed by atoms with Crippen LogP contribution < -0.4 is 10.6 Å². The molecule has 0 bridgehead atoms. The van der Waals surface area contributed by atoms with E-state index < -0.39 is 0 Å². The van der Waals surface area contributed by atoms with E-state index in [0.29, 0.717) is 12.0 Å². The lowest BCUT2D eigenvalue weighted by molar-refractivity contribution is 0.472. The van der Waals surface area contributed by atoms with Gasteiger partial charge in [0.05, 0.1) is 0 Å². The van der Waals surface area contributed by atoms with Crippen LogP contribution in [0, 0.1) is 12.8 Å². The van der Waals surface area contributed by atoms with E-state index in [1.54, 1.807) is 0 Å². The zero-order chi connectivity index (χ0) is 12.7. The maximum absolute atomic E-state index is 4.29. The first-order chi connectivity index (χ1) is 8.08. The minimum Gasteiger partial charge on any atom is -0.315 e. The summed E-state index contributed by atoms with van der Waals surface area (Å²) in [6.45, 7) is 11.6. The molecule has 0 aliphatic rings. The molecule has 96 valence electrons. The highest BCUT2D eigenvalue weighted by molar-refractivity contribution is 5.12. The predicted octanol–water partition coefficient (Wildman–Crippen LogP) is 2.11. The molecular weight excluding hydrogens is 210 g/mol. The van der Waals surface area contributed by atoms with E-state index in [9.17, 15) is 0 Å². The van der Waals surface area contributed by atoms with Crippen molar-refractivity contribution >= 4 is 0 Å². The Bertz CT molecular complexity index is 306. The zero-order valence-electron chi connectivity index (χ0n) is 11.5. The van der Waals surface area contributed by atoms with E-state index in [-0.39, 0.29) is 0 Å². The Morgan fingerprint density at radius 3 is 2.53 bits per heavy atom. The molecule has 1 unspecified atom stereocenters. The van der Waals surface area contributed by atoms with Crippen LogP contribution in [-0.4, -0.2) is 24.1 Å². The maximum atomic E-state index is 4.29. The first kappa shape index (κ1) is 14.1. The average Bonchev–Trinajstić information content (AvgIpc) is 2.28. The highest BCUT2D eigenvalue weighted by atomic mass is 15.0. The maximum Gasteiger partial charge on any atom is 0.0372 e. The number of nitrogens with zero attached hydrogens (tertiary/aromatic N) is 1. The van der Waals surface area contributed by atoms with Crippen molar-refractivity contribution in [3.05, 3.63) is 29.6 Å². The lowest BCUT2D eigenvalue weighted by Gasteiger charge is -2.15. The van der Waals surface area contributed by atoms with E-state index in [1.165, 1.54) is 5.56 Å². The third kappa shape index (κ3) is 6.39. The Morgan fingerprint density at radius 1 is 1.18 bits per heavy atom. The van der Waals surface area contributed by atoms with Crippen LogP contribution in [-0.2, 0) is 6.54 Å². The van der Waals surface area contributed by atoms with Gasteiger partial charge in [0, 0.05) is 31.0 Å². The molecule has 3 heteroatoms. The van der Waals surface area contributed by atoms with Crippen LogP contribution in [0.15, 0.2) is 18.3 Å². The largest absolute Gasteiger partial charge is 0.315 e. The number of hydrogen-bond donors (Lipinski definition) is 2. The van der Waals surface area contributed by atoms with Gasteiger partial charge < -0.3 is 10.6 Å². The summed E-state index contributed by atoms with van der Waals surface area (Å²) in [5.41, 5.74) is 2.31. The monoisotopic (exact) mass is 235 g/mol. The van der Waals surface area contributed by atoms with Crippen LogP contribution in [0.2, 0.25) is 0 Å². The Labute approximate surface area is 105 Å². The fourth-order valence-electron chi connectivity index (χ4n) is 1.56. The van der Waals surface area contributed by atoms with Gasteiger partial charge in [0.1, 0.15) is 0 Å². The molecule has 0 saturated carbocycles. The van der Waals surface area contributed by atoms with Gasteiger partial charge in [0.25, 0.3) is 0 Å². The summed E-state index contributed by atoms with van der Waals surface area (Å²) in [7, 11) is 0. The molecule has 1 aromatic heterocycles. The van der Waals surface area contributed by atoms with Crippen LogP contribution in [0.3, 0.4) is 0 Å². The topological polar surface area (TPSA) is 37.0 Å². The second kappa shape index (κ2) is 7.41. The molecule has 3 nitrogen and oxygen atoms in total. The lowest BCUT2D eigenvalue weighted by Crippen LogP contribution is -2.37. The van der Waals surface area contributed by atoms with Gasteiger partial charge in [0.15, 0.2) is 0 Å². The summed E-state index contributed by atoms with van der Waals surface area (Å²) in [5, 5.41) is 6.94. The Hall–Kier alpha value is -0.930. The standard InChI is InChI=1S/C14H25N3/c1-11(2)7-15-8-13(4)17-10-14-6-5-12(3)16-9-14/h5-6,9,11,13,15,17H,7-8,10H2,1-4H3. The summed E-state index contributed by atoms with van der Waals surface area (Å²) in [6.07, 6.45) is 1.94. The zero-order valence-corrected chi connectivity index (χ0v) is 11.5. The van der Waals surface area contributed by atoms with Crippen LogP contribution in [0.1, 0.15) is 32.0 Å². The van der Waals surface area contributed by atoms with E-state index in [0.717, 1.165) is 25.3 Å². The fraction of sp³-hybridized carbons (Fsp3) is 0.643. The number of aromatic nitrogens is 1. The molecule has 1 rings (SSSR count). The number of rotatable bonds is 7. The van der Waals surface area contributed by atoms with Crippen molar-refractivity contribution in [2.45, 2.75) is 40.3 Å². The Kier molecular flexibility index (Phi) is 6.16. The SMILES string of the molecule is Cc1ccc(CNC(C)CNCC(C)C)cn1. The van der Waals surface area contributed by atoms with Gasteiger partial charge in [-0.3, -0.25) is 4.98 Å². The molecular formula is C14H25N3. The van der Waals surface area contributed by atoms with Crippen LogP contribution in [0.5, 0.6) is 0 Å². The molecule has 1 atom stereocenters. The van der Waals surface area contributed by atoms with E-state index in [4.69, 9.17) is 0 Å². The quantitative estimate of drug-likeness (QED) is 0.760. The average molecular weight is 235 g/mol. The van der Waals surface area contributed by atoms with Gasteiger partial charge in [-0.1, -0.05) is 19.9 Å². The van der Waals surface area contributed by atoms with Gasteiger partial charge in [-0.25, -0.2) is 0 Å². The number of hydrogen-bond acceptors (Lipinski definition) is 3. The summed E-state index contributed by atoms with van der Waals surface area (Å²) in [6, 6.07) is 4.66. The molecule has 0 fully saturated rings. The van der Waals surface area contributed by atoms with Gasteiger partial charge >= 0.3 is 0 Å². The normalized spacial score (nSPS) is 13.0. The van der Waals surface area contributed by atoms with E-state index in [2.05, 4.69) is 48.5 Å². The number of nitrogens with one attached hydrogen (secondary N) is 2. The first-order valence-corrected chi connectivity index (χ1v) is 6.43. The second-order valence-electron chi connectivity index (χ2n) is 5.14. The van der Waals surface area contributed by atoms with Crippen molar-refractivity contribution in [1.82, 2.24) is 15.6 Å². The lowest BCUT2D eigenvalue weighted by atomic mass is 10.2. The number of aryl methyl sites for hydroxylation is 1. The Morgan fingerprint density at radius 2 is 1.94 bits per heavy atom. The summed E-state index contributed by atoms with van der Waals surface area (Å²) < 4.78 is 0. The minimum atomic E-state index is 0.482. The van der Waals surface area contributed by atoms with Crippen molar-refractivity contribution in [3.8, 4) is 0 Å². The molecule has 0 saturated heterocycles. The number of pyridine rings is 1. The van der Waals surface area contributed by atoms with E-state index >= 15 is 0 Å². The molecule has 17 heavy (non-hydrogen) atoms.